The van der Waals surface area contributed by atoms with E-state index in [0.29, 0.717) is 35.0 Å². The van der Waals surface area contributed by atoms with E-state index in [2.05, 4.69) is 39.3 Å². The Labute approximate surface area is 191 Å². The molecule has 0 aliphatic carbocycles. The third kappa shape index (κ3) is 3.82. The summed E-state index contributed by atoms with van der Waals surface area (Å²) in [5, 5.41) is 8.47. The lowest BCUT2D eigenvalue weighted by Gasteiger charge is -2.22. The molecule has 1 fully saturated rings. The fourth-order valence-electron chi connectivity index (χ4n) is 4.59. The van der Waals surface area contributed by atoms with Crippen molar-refractivity contribution in [3.63, 3.8) is 0 Å². The number of nitrogens with zero attached hydrogens (tertiary/aromatic N) is 6. The van der Waals surface area contributed by atoms with Gasteiger partial charge in [-0.05, 0) is 46.5 Å². The van der Waals surface area contributed by atoms with Crippen molar-refractivity contribution in [2.75, 3.05) is 37.4 Å². The number of carbonyl (C=O) groups is 1. The summed E-state index contributed by atoms with van der Waals surface area (Å²) in [6, 6.07) is 5.61. The Morgan fingerprint density at radius 2 is 2.09 bits per heavy atom. The van der Waals surface area contributed by atoms with E-state index in [4.69, 9.17) is 0 Å². The van der Waals surface area contributed by atoms with Crippen LogP contribution in [0.15, 0.2) is 36.8 Å². The summed E-state index contributed by atoms with van der Waals surface area (Å²) in [6.07, 6.45) is 6.49. The monoisotopic (exact) mass is 449 g/mol. The fraction of sp³-hybridized carbons (Fsp3) is 0.375. The lowest BCUT2D eigenvalue weighted by molar-refractivity contribution is 0.102. The zero-order valence-electron chi connectivity index (χ0n) is 19.3. The van der Waals surface area contributed by atoms with Crippen molar-refractivity contribution in [1.29, 1.82) is 0 Å². The normalized spacial score (nSPS) is 16.4. The molecule has 4 aromatic rings. The smallest absolute Gasteiger partial charge is 0.257 e. The van der Waals surface area contributed by atoms with Crippen LogP contribution in [0.3, 0.4) is 0 Å². The van der Waals surface area contributed by atoms with Crippen LogP contribution in [0.5, 0.6) is 0 Å². The Morgan fingerprint density at radius 3 is 2.82 bits per heavy atom. The third-order valence-corrected chi connectivity index (χ3v) is 6.39. The number of fused-ring (bicyclic) bond motifs is 2. The van der Waals surface area contributed by atoms with Crippen LogP contribution in [-0.2, 0) is 6.54 Å². The van der Waals surface area contributed by atoms with Gasteiger partial charge >= 0.3 is 0 Å². The van der Waals surface area contributed by atoms with Crippen LogP contribution in [0.1, 0.15) is 29.4 Å². The number of carbonyl (C=O) groups excluding carboxylic acids is 1. The topological polar surface area (TPSA) is 70.7 Å². The number of hydrogen-bond acceptors (Lipinski definition) is 5. The molecule has 1 aliphatic rings. The van der Waals surface area contributed by atoms with Crippen LogP contribution < -0.4 is 10.2 Å². The van der Waals surface area contributed by atoms with E-state index in [1.165, 1.54) is 6.07 Å². The van der Waals surface area contributed by atoms with E-state index < -0.39 is 5.82 Å². The Kier molecular flexibility index (Phi) is 5.28. The van der Waals surface area contributed by atoms with E-state index in [-0.39, 0.29) is 11.6 Å². The Hall–Kier alpha value is -3.46. The molecule has 4 heterocycles. The van der Waals surface area contributed by atoms with Crippen LogP contribution in [-0.4, -0.2) is 63.2 Å². The Morgan fingerprint density at radius 1 is 1.27 bits per heavy atom. The minimum absolute atomic E-state index is 0.237. The first kappa shape index (κ1) is 21.4. The maximum absolute atomic E-state index is 14.5. The van der Waals surface area contributed by atoms with Gasteiger partial charge in [0.05, 0.1) is 16.9 Å². The van der Waals surface area contributed by atoms with E-state index in [9.17, 15) is 9.18 Å². The van der Waals surface area contributed by atoms with Crippen LogP contribution in [0.2, 0.25) is 0 Å². The summed E-state index contributed by atoms with van der Waals surface area (Å²) in [6.45, 7) is 6.43. The van der Waals surface area contributed by atoms with Crippen molar-refractivity contribution in [3.8, 4) is 0 Å². The third-order valence-electron chi connectivity index (χ3n) is 6.39. The predicted octanol–water partition coefficient (Wildman–Crippen LogP) is 3.54. The molecule has 33 heavy (non-hydrogen) atoms. The molecule has 8 nitrogen and oxygen atoms in total. The maximum Gasteiger partial charge on any atom is 0.257 e. The second-order valence-electron chi connectivity index (χ2n) is 8.88. The summed E-state index contributed by atoms with van der Waals surface area (Å²) in [4.78, 5) is 22.0. The average Bonchev–Trinajstić information content (AvgIpc) is 3.50. The number of imidazole rings is 1. The van der Waals surface area contributed by atoms with Crippen LogP contribution in [0.4, 0.5) is 15.8 Å². The molecular weight excluding hydrogens is 421 g/mol. The minimum atomic E-state index is -0.485. The maximum atomic E-state index is 14.5. The molecule has 1 saturated heterocycles. The zero-order valence-corrected chi connectivity index (χ0v) is 19.3. The lowest BCUT2D eigenvalue weighted by Crippen LogP contribution is -2.31. The molecule has 0 unspecified atom stereocenters. The quantitative estimate of drug-likeness (QED) is 0.505. The number of halogens is 1. The largest absolute Gasteiger partial charge is 0.369 e. The Balaban J connectivity index is 1.49. The molecule has 172 valence electrons. The first-order valence-electron chi connectivity index (χ1n) is 11.2. The number of aromatic nitrogens is 4. The van der Waals surface area contributed by atoms with E-state index >= 15 is 0 Å². The van der Waals surface area contributed by atoms with Crippen molar-refractivity contribution in [2.24, 2.45) is 0 Å². The highest BCUT2D eigenvalue weighted by Crippen LogP contribution is 2.32. The van der Waals surface area contributed by atoms with Gasteiger partial charge in [0.1, 0.15) is 5.52 Å². The molecule has 1 aliphatic heterocycles. The summed E-state index contributed by atoms with van der Waals surface area (Å²) < 4.78 is 17.9. The number of benzene rings is 1. The van der Waals surface area contributed by atoms with Crippen LogP contribution in [0, 0.1) is 12.7 Å². The van der Waals surface area contributed by atoms with Gasteiger partial charge in [0.2, 0.25) is 0 Å². The van der Waals surface area contributed by atoms with E-state index in [1.807, 2.05) is 29.9 Å². The second kappa shape index (κ2) is 8.15. The van der Waals surface area contributed by atoms with Crippen molar-refractivity contribution in [3.05, 3.63) is 53.9 Å². The van der Waals surface area contributed by atoms with Crippen LogP contribution >= 0.6 is 0 Å². The van der Waals surface area contributed by atoms with Gasteiger partial charge in [0.15, 0.2) is 11.5 Å². The number of rotatable bonds is 5. The van der Waals surface area contributed by atoms with Gasteiger partial charge in [-0.25, -0.2) is 9.37 Å². The van der Waals surface area contributed by atoms with Gasteiger partial charge in [-0.15, -0.1) is 0 Å². The number of anilines is 2. The lowest BCUT2D eigenvalue weighted by atomic mass is 10.1. The molecule has 1 amide bonds. The second-order valence-corrected chi connectivity index (χ2v) is 8.88. The van der Waals surface area contributed by atoms with E-state index in [0.717, 1.165) is 30.6 Å². The number of amides is 1. The number of pyridine rings is 1. The van der Waals surface area contributed by atoms with Gasteiger partial charge in [-0.1, -0.05) is 0 Å². The average molecular weight is 450 g/mol. The SMILES string of the molecule is CCn1cc2c(N3CC[C@H](N(C)C)C3)ccc(C(=O)Nc3cc(F)c4nc(C)cn4c3)c2n1. The zero-order chi connectivity index (χ0) is 23.3. The van der Waals surface area contributed by atoms with Gasteiger partial charge in [-0.2, -0.15) is 5.10 Å². The minimum Gasteiger partial charge on any atom is -0.369 e. The first-order valence-corrected chi connectivity index (χ1v) is 11.2. The predicted molar refractivity (Wildman–Crippen MR) is 128 cm³/mol. The molecule has 0 radical (unpaired) electrons. The van der Waals surface area contributed by atoms with Crippen LogP contribution in [0.25, 0.3) is 16.6 Å². The molecule has 1 N–H and O–H groups in total. The summed E-state index contributed by atoms with van der Waals surface area (Å²) in [5.74, 6) is -0.808. The fourth-order valence-corrected chi connectivity index (χ4v) is 4.59. The number of nitrogens with one attached hydrogen (secondary N) is 1. The summed E-state index contributed by atoms with van der Waals surface area (Å²) in [7, 11) is 4.22. The van der Waals surface area contributed by atoms with Gasteiger partial charge in [-0.3, -0.25) is 9.48 Å². The first-order chi connectivity index (χ1) is 15.8. The highest BCUT2D eigenvalue weighted by molar-refractivity contribution is 6.13. The summed E-state index contributed by atoms with van der Waals surface area (Å²) >= 11 is 0. The van der Waals surface area contributed by atoms with Crippen molar-refractivity contribution >= 4 is 33.8 Å². The molecule has 0 spiro atoms. The molecule has 9 heteroatoms. The van der Waals surface area contributed by atoms with Gasteiger partial charge in [0.25, 0.3) is 5.91 Å². The van der Waals surface area contributed by atoms with Gasteiger partial charge < -0.3 is 19.5 Å². The van der Waals surface area contributed by atoms with Crippen molar-refractivity contribution in [2.45, 2.75) is 32.9 Å². The molecule has 3 aromatic heterocycles. The van der Waals surface area contributed by atoms with Crippen molar-refractivity contribution < 1.29 is 9.18 Å². The molecule has 0 saturated carbocycles. The number of hydrogen-bond donors (Lipinski definition) is 1. The highest BCUT2D eigenvalue weighted by atomic mass is 19.1. The highest BCUT2D eigenvalue weighted by Gasteiger charge is 2.27. The molecule has 1 aromatic carbocycles. The molecular formula is C24H28FN7O. The number of likely N-dealkylation sites (N-methyl/N-ethyl adjacent to an activating group) is 1. The molecule has 5 rings (SSSR count). The standard InChI is InChI=1S/C24H28FN7O/c1-5-32-14-19-21(30-9-8-17(13-30)29(3)4)7-6-18(22(19)28-32)24(33)27-16-10-20(25)23-26-15(2)11-31(23)12-16/h6-7,10-12,14,17H,5,8-9,13H2,1-4H3,(H,27,33)/t17-/m0/s1. The van der Waals surface area contributed by atoms with Gasteiger partial charge in [0, 0.05) is 61.4 Å². The Bertz CT molecular complexity index is 1360. The van der Waals surface area contributed by atoms with E-state index in [1.54, 1.807) is 23.7 Å². The summed E-state index contributed by atoms with van der Waals surface area (Å²) in [5.41, 5.74) is 3.51. The molecule has 1 atom stereocenters. The number of aryl methyl sites for hydroxylation is 2. The van der Waals surface area contributed by atoms with Crippen molar-refractivity contribution in [1.82, 2.24) is 24.1 Å². The molecule has 0 bridgehead atoms.